The monoisotopic (exact) mass is 244 g/mol. The van der Waals surface area contributed by atoms with E-state index in [-0.39, 0.29) is 0 Å². The molecular weight excluding hydrogens is 229 g/mol. The van der Waals surface area contributed by atoms with E-state index in [0.717, 1.165) is 13.2 Å². The molecule has 0 spiro atoms. The molecule has 0 aliphatic carbocycles. The topological polar surface area (TPSA) is 16.0 Å². The van der Waals surface area contributed by atoms with Crippen molar-refractivity contribution < 1.29 is 4.74 Å². The molecule has 1 aliphatic heterocycles. The summed E-state index contributed by atoms with van der Waals surface area (Å²) in [5, 5.41) is 0. The first-order chi connectivity index (χ1) is 4.30. The van der Waals surface area contributed by atoms with Gasteiger partial charge in [-0.1, -0.05) is 0 Å². The number of hydrogen-bond donors (Lipinski definition) is 0. The Kier molecular flexibility index (Phi) is 3.21. The molecule has 1 aliphatic rings. The SMILES string of the molecule is CI(C)N1CC[OH+]CC1. The van der Waals surface area contributed by atoms with Crippen molar-refractivity contribution in [3.05, 3.63) is 0 Å². The Morgan fingerprint density at radius 3 is 2.11 bits per heavy atom. The van der Waals surface area contributed by atoms with E-state index in [1.165, 1.54) is 13.1 Å². The number of aliphatic hydroxyl groups is 2. The Hall–Kier alpha value is 0.650. The molecule has 0 aromatic heterocycles. The first-order valence-electron chi connectivity index (χ1n) is 3.19. The maximum atomic E-state index is 4.29. The van der Waals surface area contributed by atoms with Gasteiger partial charge in [-0.15, -0.1) is 0 Å². The van der Waals surface area contributed by atoms with Crippen LogP contribution in [0.5, 0.6) is 0 Å². The quantitative estimate of drug-likeness (QED) is 0.284. The van der Waals surface area contributed by atoms with Crippen LogP contribution in [0.4, 0.5) is 0 Å². The molecule has 2 nitrogen and oxygen atoms in total. The number of halogens is 1. The number of rotatable bonds is 1. The summed E-state index contributed by atoms with van der Waals surface area (Å²) in [6.07, 6.45) is 0. The zero-order valence-electron chi connectivity index (χ0n) is 6.10. The molecule has 1 saturated heterocycles. The predicted octanol–water partition coefficient (Wildman–Crippen LogP) is 0.511. The van der Waals surface area contributed by atoms with Crippen LogP contribution in [0.1, 0.15) is 0 Å². The molecule has 1 heterocycles. The molecule has 1 fully saturated rings. The first kappa shape index (κ1) is 7.75. The van der Waals surface area contributed by atoms with Gasteiger partial charge in [0, 0.05) is 0 Å². The number of nitrogens with zero attached hydrogens (tertiary/aromatic N) is 1. The fourth-order valence-electron chi connectivity index (χ4n) is 0.920. The van der Waals surface area contributed by atoms with E-state index < -0.39 is 20.1 Å². The summed E-state index contributed by atoms with van der Waals surface area (Å²) >= 11 is -0.631. The van der Waals surface area contributed by atoms with E-state index >= 15 is 0 Å². The molecular formula is C6H15INO+. The van der Waals surface area contributed by atoms with Gasteiger partial charge in [-0.2, -0.15) is 0 Å². The summed E-state index contributed by atoms with van der Waals surface area (Å²) in [6, 6.07) is 0. The fraction of sp³-hybridized carbons (Fsp3) is 1.00. The van der Waals surface area contributed by atoms with Gasteiger partial charge in [0.05, 0.1) is 0 Å². The minimum atomic E-state index is -0.631. The summed E-state index contributed by atoms with van der Waals surface area (Å²) < 4.78 is 6.92. The van der Waals surface area contributed by atoms with E-state index in [1.807, 2.05) is 0 Å². The Morgan fingerprint density at radius 2 is 1.78 bits per heavy atom. The second-order valence-corrected chi connectivity index (χ2v) is 7.75. The van der Waals surface area contributed by atoms with Gasteiger partial charge in [-0.05, 0) is 0 Å². The average Bonchev–Trinajstić information content (AvgIpc) is 1.90. The van der Waals surface area contributed by atoms with Crippen LogP contribution in [-0.4, -0.2) is 44.0 Å². The average molecular weight is 244 g/mol. The van der Waals surface area contributed by atoms with Crippen molar-refractivity contribution in [3.8, 4) is 0 Å². The van der Waals surface area contributed by atoms with Crippen molar-refractivity contribution in [1.29, 1.82) is 0 Å². The van der Waals surface area contributed by atoms with Gasteiger partial charge in [0.2, 0.25) is 0 Å². The molecule has 0 atom stereocenters. The second kappa shape index (κ2) is 3.73. The molecule has 0 unspecified atom stereocenters. The summed E-state index contributed by atoms with van der Waals surface area (Å²) in [5.74, 6) is 0. The maximum absolute atomic E-state index is 4.29. The van der Waals surface area contributed by atoms with E-state index in [9.17, 15) is 0 Å². The number of morpholine rings is 1. The van der Waals surface area contributed by atoms with Crippen LogP contribution in [0.15, 0.2) is 0 Å². The van der Waals surface area contributed by atoms with Gasteiger partial charge < -0.3 is 0 Å². The molecule has 1 N–H and O–H groups in total. The van der Waals surface area contributed by atoms with E-state index in [1.54, 1.807) is 0 Å². The van der Waals surface area contributed by atoms with Crippen LogP contribution in [0.2, 0.25) is 0 Å². The third-order valence-electron chi connectivity index (χ3n) is 1.48. The molecule has 0 saturated carbocycles. The number of hydrogen-bond acceptors (Lipinski definition) is 1. The van der Waals surface area contributed by atoms with Gasteiger partial charge in [-0.3, -0.25) is 0 Å². The predicted molar refractivity (Wildman–Crippen MR) is 49.4 cm³/mol. The molecule has 0 radical (unpaired) electrons. The summed E-state index contributed by atoms with van der Waals surface area (Å²) in [4.78, 5) is 4.80. The second-order valence-electron chi connectivity index (χ2n) is 2.30. The van der Waals surface area contributed by atoms with Crippen molar-refractivity contribution in [3.63, 3.8) is 0 Å². The van der Waals surface area contributed by atoms with Crippen LogP contribution in [0.3, 0.4) is 0 Å². The van der Waals surface area contributed by atoms with Crippen molar-refractivity contribution in [2.45, 2.75) is 0 Å². The van der Waals surface area contributed by atoms with Crippen LogP contribution < -0.4 is 0 Å². The first-order valence-corrected chi connectivity index (χ1v) is 8.47. The Balaban J connectivity index is 2.23. The van der Waals surface area contributed by atoms with Crippen molar-refractivity contribution in [2.75, 3.05) is 36.2 Å². The minimum absolute atomic E-state index is 0.631. The van der Waals surface area contributed by atoms with Gasteiger partial charge in [0.25, 0.3) is 0 Å². The third-order valence-corrected chi connectivity index (χ3v) is 5.17. The van der Waals surface area contributed by atoms with E-state index in [4.69, 9.17) is 0 Å². The van der Waals surface area contributed by atoms with Crippen LogP contribution in [0, 0.1) is 0 Å². The molecule has 0 aromatic rings. The summed E-state index contributed by atoms with van der Waals surface area (Å²) in [5.41, 5.74) is 0. The van der Waals surface area contributed by atoms with Gasteiger partial charge in [-0.25, -0.2) is 0 Å². The third kappa shape index (κ3) is 2.39. The van der Waals surface area contributed by atoms with Gasteiger partial charge in [0.1, 0.15) is 0 Å². The Labute approximate surface area is 64.3 Å². The zero-order valence-corrected chi connectivity index (χ0v) is 8.26. The van der Waals surface area contributed by atoms with Crippen molar-refractivity contribution in [1.82, 2.24) is 3.11 Å². The normalized spacial score (nSPS) is 24.0. The van der Waals surface area contributed by atoms with Crippen molar-refractivity contribution in [2.24, 2.45) is 0 Å². The molecule has 3 heteroatoms. The Morgan fingerprint density at radius 1 is 1.22 bits per heavy atom. The molecule has 9 heavy (non-hydrogen) atoms. The zero-order chi connectivity index (χ0) is 6.69. The van der Waals surface area contributed by atoms with Crippen LogP contribution in [0.25, 0.3) is 0 Å². The molecule has 0 aromatic carbocycles. The number of ether oxygens (including phenoxy) is 1. The number of alkyl halides is 2. The van der Waals surface area contributed by atoms with E-state index in [0.29, 0.717) is 0 Å². The van der Waals surface area contributed by atoms with Gasteiger partial charge >= 0.3 is 64.1 Å². The fourth-order valence-corrected chi connectivity index (χ4v) is 3.28. The summed E-state index contributed by atoms with van der Waals surface area (Å²) in [7, 11) is 0. The standard InChI is InChI=1S/C6H14INO/c1-7(2)8-3-5-9-6-4-8/h3-6H2,1-2H3/p+1. The van der Waals surface area contributed by atoms with Crippen LogP contribution in [-0.2, 0) is 0 Å². The van der Waals surface area contributed by atoms with Gasteiger partial charge in [0.15, 0.2) is 0 Å². The summed E-state index contributed by atoms with van der Waals surface area (Å²) in [6.45, 7) is 4.63. The van der Waals surface area contributed by atoms with Crippen LogP contribution >= 0.6 is 20.1 Å². The Bertz CT molecular complexity index is 81.1. The van der Waals surface area contributed by atoms with Crippen molar-refractivity contribution >= 4 is 20.1 Å². The molecule has 0 amide bonds. The molecule has 56 valence electrons. The van der Waals surface area contributed by atoms with E-state index in [2.05, 4.69) is 17.7 Å². The molecule has 0 bridgehead atoms. The molecule has 1 rings (SSSR count).